The Morgan fingerprint density at radius 1 is 1.03 bits per heavy atom. The van der Waals surface area contributed by atoms with E-state index >= 15 is 0 Å². The van der Waals surface area contributed by atoms with Crippen LogP contribution in [-0.2, 0) is 16.1 Å². The molecule has 4 aromatic rings. The van der Waals surface area contributed by atoms with E-state index in [0.29, 0.717) is 15.9 Å². The molecular weight excluding hydrogens is 430 g/mol. The number of aryl methyl sites for hydroxylation is 1. The highest BCUT2D eigenvalue weighted by molar-refractivity contribution is 7.18. The van der Waals surface area contributed by atoms with Gasteiger partial charge in [-0.2, -0.15) is 0 Å². The maximum absolute atomic E-state index is 13.3. The van der Waals surface area contributed by atoms with E-state index in [2.05, 4.69) is 5.32 Å². The molecule has 2 aromatic heterocycles. The van der Waals surface area contributed by atoms with Crippen LogP contribution in [0.15, 0.2) is 70.3 Å². The van der Waals surface area contributed by atoms with Crippen molar-refractivity contribution >= 4 is 39.1 Å². The van der Waals surface area contributed by atoms with Gasteiger partial charge in [-0.3, -0.25) is 14.2 Å². The number of nitrogens with zero attached hydrogens (tertiary/aromatic N) is 2. The summed E-state index contributed by atoms with van der Waals surface area (Å²) in [5.41, 5.74) is -0.173. The van der Waals surface area contributed by atoms with Crippen molar-refractivity contribution in [3.63, 3.8) is 0 Å². The number of esters is 1. The fourth-order valence-electron chi connectivity index (χ4n) is 3.43. The molecule has 1 N–H and O–H groups in total. The molecule has 0 radical (unpaired) electrons. The summed E-state index contributed by atoms with van der Waals surface area (Å²) < 4.78 is 7.09. The average Bonchev–Trinajstić information content (AvgIpc) is 3.19. The molecule has 162 valence electrons. The van der Waals surface area contributed by atoms with E-state index < -0.39 is 23.1 Å². The third kappa shape index (κ3) is 3.85. The smallest absolute Gasteiger partial charge is 0.339 e. The Labute approximate surface area is 186 Å². The number of methoxy groups -OCH3 is 1. The van der Waals surface area contributed by atoms with Gasteiger partial charge in [-0.25, -0.2) is 14.2 Å². The topological polar surface area (TPSA) is 99.4 Å². The molecule has 8 nitrogen and oxygen atoms in total. The molecular formula is C23H19N3O5S. The van der Waals surface area contributed by atoms with Crippen LogP contribution in [0.3, 0.4) is 0 Å². The lowest BCUT2D eigenvalue weighted by molar-refractivity contribution is -0.116. The van der Waals surface area contributed by atoms with Gasteiger partial charge in [0.1, 0.15) is 11.4 Å². The largest absolute Gasteiger partial charge is 0.465 e. The van der Waals surface area contributed by atoms with Crippen molar-refractivity contribution in [3.8, 4) is 5.69 Å². The van der Waals surface area contributed by atoms with E-state index in [1.165, 1.54) is 29.1 Å². The van der Waals surface area contributed by atoms with Crippen LogP contribution in [0, 0.1) is 6.92 Å². The van der Waals surface area contributed by atoms with Crippen molar-refractivity contribution in [3.05, 3.63) is 91.9 Å². The van der Waals surface area contributed by atoms with Crippen molar-refractivity contribution in [2.45, 2.75) is 13.5 Å². The first kappa shape index (κ1) is 21.3. The third-order valence-corrected chi connectivity index (χ3v) is 5.93. The molecule has 32 heavy (non-hydrogen) atoms. The minimum Gasteiger partial charge on any atom is -0.465 e. The number of hydrogen-bond acceptors (Lipinski definition) is 6. The van der Waals surface area contributed by atoms with E-state index in [1.807, 2.05) is 6.92 Å². The van der Waals surface area contributed by atoms with Crippen LogP contribution in [0.5, 0.6) is 0 Å². The highest BCUT2D eigenvalue weighted by Gasteiger charge is 2.19. The highest BCUT2D eigenvalue weighted by atomic mass is 32.1. The number of para-hydroxylation sites is 2. The lowest BCUT2D eigenvalue weighted by atomic mass is 10.2. The summed E-state index contributed by atoms with van der Waals surface area (Å²) in [6, 6.07) is 16.7. The Bertz CT molecular complexity index is 1450. The van der Waals surface area contributed by atoms with Gasteiger partial charge in [-0.15, -0.1) is 11.3 Å². The number of thiophene rings is 1. The number of carbonyl (C=O) groups excluding carboxylic acids is 2. The zero-order valence-corrected chi connectivity index (χ0v) is 18.1. The average molecular weight is 449 g/mol. The fourth-order valence-corrected chi connectivity index (χ4v) is 4.42. The number of rotatable bonds is 5. The van der Waals surface area contributed by atoms with Crippen molar-refractivity contribution in [2.24, 2.45) is 0 Å². The minimum absolute atomic E-state index is 0.196. The summed E-state index contributed by atoms with van der Waals surface area (Å²) in [6.45, 7) is 1.50. The van der Waals surface area contributed by atoms with E-state index in [-0.39, 0.29) is 17.8 Å². The third-order valence-electron chi connectivity index (χ3n) is 4.86. The summed E-state index contributed by atoms with van der Waals surface area (Å²) in [5, 5.41) is 3.02. The van der Waals surface area contributed by atoms with Crippen molar-refractivity contribution in [2.75, 3.05) is 12.4 Å². The molecule has 0 saturated carbocycles. The Morgan fingerprint density at radius 2 is 1.72 bits per heavy atom. The fraction of sp³-hybridized carbons (Fsp3) is 0.130. The second kappa shape index (κ2) is 8.64. The molecule has 0 atom stereocenters. The van der Waals surface area contributed by atoms with Gasteiger partial charge in [0.05, 0.1) is 29.4 Å². The number of ether oxygens (including phenoxy) is 1. The summed E-state index contributed by atoms with van der Waals surface area (Å²) >= 11 is 1.27. The van der Waals surface area contributed by atoms with Crippen molar-refractivity contribution < 1.29 is 14.3 Å². The molecule has 0 unspecified atom stereocenters. The second-order valence-corrected chi connectivity index (χ2v) is 8.24. The number of benzene rings is 2. The van der Waals surface area contributed by atoms with E-state index in [9.17, 15) is 19.2 Å². The van der Waals surface area contributed by atoms with Crippen LogP contribution in [0.25, 0.3) is 15.9 Å². The summed E-state index contributed by atoms with van der Waals surface area (Å²) in [6.07, 6.45) is 0. The first-order chi connectivity index (χ1) is 15.4. The van der Waals surface area contributed by atoms with E-state index in [0.717, 1.165) is 9.44 Å². The van der Waals surface area contributed by atoms with E-state index in [4.69, 9.17) is 4.74 Å². The molecule has 2 heterocycles. The predicted molar refractivity (Wildman–Crippen MR) is 123 cm³/mol. The Kier molecular flexibility index (Phi) is 5.74. The van der Waals surface area contributed by atoms with Crippen LogP contribution in [-0.4, -0.2) is 28.1 Å². The molecule has 4 rings (SSSR count). The quantitative estimate of drug-likeness (QED) is 0.472. The number of nitrogens with one attached hydrogen (secondary N) is 1. The number of hydrogen-bond donors (Lipinski definition) is 1. The summed E-state index contributed by atoms with van der Waals surface area (Å²) in [7, 11) is 1.25. The van der Waals surface area contributed by atoms with Crippen LogP contribution < -0.4 is 16.6 Å². The normalized spacial score (nSPS) is 10.8. The molecule has 0 saturated heterocycles. The first-order valence-electron chi connectivity index (χ1n) is 9.69. The predicted octanol–water partition coefficient (Wildman–Crippen LogP) is 2.95. The van der Waals surface area contributed by atoms with Gasteiger partial charge in [-0.05, 0) is 37.3 Å². The Morgan fingerprint density at radius 3 is 2.44 bits per heavy atom. The Balaban J connectivity index is 1.79. The number of amides is 1. The minimum atomic E-state index is -0.619. The maximum Gasteiger partial charge on any atom is 0.339 e. The molecule has 0 spiro atoms. The van der Waals surface area contributed by atoms with Crippen LogP contribution in [0.4, 0.5) is 5.69 Å². The SMILES string of the molecule is COC(=O)c1ccccc1NC(=O)Cn1c(=O)n(-c2ccccc2)c(=O)c2cc(C)sc21. The number of anilines is 1. The summed E-state index contributed by atoms with van der Waals surface area (Å²) in [5.74, 6) is -1.11. The highest BCUT2D eigenvalue weighted by Crippen LogP contribution is 2.22. The Hall–Kier alpha value is -3.98. The van der Waals surface area contributed by atoms with Gasteiger partial charge in [0.15, 0.2) is 0 Å². The van der Waals surface area contributed by atoms with Crippen molar-refractivity contribution in [1.82, 2.24) is 9.13 Å². The second-order valence-electron chi connectivity index (χ2n) is 7.01. The monoisotopic (exact) mass is 449 g/mol. The van der Waals surface area contributed by atoms with Crippen molar-refractivity contribution in [1.29, 1.82) is 0 Å². The van der Waals surface area contributed by atoms with Crippen LogP contribution in [0.1, 0.15) is 15.2 Å². The zero-order chi connectivity index (χ0) is 22.8. The molecule has 0 bridgehead atoms. The van der Waals surface area contributed by atoms with Gasteiger partial charge < -0.3 is 10.1 Å². The van der Waals surface area contributed by atoms with Gasteiger partial charge in [-0.1, -0.05) is 30.3 Å². The molecule has 0 aliphatic rings. The van der Waals surface area contributed by atoms with Crippen LogP contribution in [0.2, 0.25) is 0 Å². The zero-order valence-electron chi connectivity index (χ0n) is 17.3. The molecule has 0 aliphatic carbocycles. The number of aromatic nitrogens is 2. The van der Waals surface area contributed by atoms with Crippen LogP contribution >= 0.6 is 11.3 Å². The number of carbonyl (C=O) groups is 2. The number of fused-ring (bicyclic) bond motifs is 1. The maximum atomic E-state index is 13.3. The van der Waals surface area contributed by atoms with Gasteiger partial charge in [0, 0.05) is 4.88 Å². The van der Waals surface area contributed by atoms with E-state index in [1.54, 1.807) is 54.6 Å². The standard InChI is InChI=1S/C23H19N3O5S/c1-14-12-17-20(28)26(15-8-4-3-5-9-15)23(30)25(21(17)32-14)13-19(27)24-18-11-7-6-10-16(18)22(29)31-2/h3-12H,13H2,1-2H3,(H,24,27). The van der Waals surface area contributed by atoms with Gasteiger partial charge >= 0.3 is 11.7 Å². The molecule has 1 amide bonds. The molecule has 2 aromatic carbocycles. The molecule has 9 heteroatoms. The first-order valence-corrected chi connectivity index (χ1v) is 10.5. The van der Waals surface area contributed by atoms with Gasteiger partial charge in [0.2, 0.25) is 5.91 Å². The lowest BCUT2D eigenvalue weighted by Gasteiger charge is -2.13. The molecule has 0 aliphatic heterocycles. The van der Waals surface area contributed by atoms with Gasteiger partial charge in [0.25, 0.3) is 5.56 Å². The lowest BCUT2D eigenvalue weighted by Crippen LogP contribution is -2.40. The molecule has 0 fully saturated rings. The summed E-state index contributed by atoms with van der Waals surface area (Å²) in [4.78, 5) is 52.5.